The number of rotatable bonds is 2. The van der Waals surface area contributed by atoms with Crippen LogP contribution in [-0.4, -0.2) is 7.11 Å². The predicted molar refractivity (Wildman–Crippen MR) is 60.2 cm³/mol. The van der Waals surface area contributed by atoms with Gasteiger partial charge in [0, 0.05) is 6.42 Å². The molecule has 0 fully saturated rings. The smallest absolute Gasteiger partial charge is 0.416 e. The second-order valence-corrected chi connectivity index (χ2v) is 4.15. The summed E-state index contributed by atoms with van der Waals surface area (Å²) >= 11 is 0. The Morgan fingerprint density at radius 2 is 2.00 bits per heavy atom. The summed E-state index contributed by atoms with van der Waals surface area (Å²) in [6.07, 6.45) is -2.31. The molecule has 0 spiro atoms. The highest BCUT2D eigenvalue weighted by Gasteiger charge is 2.32. The van der Waals surface area contributed by atoms with Crippen molar-refractivity contribution in [2.45, 2.75) is 25.6 Å². The summed E-state index contributed by atoms with van der Waals surface area (Å²) in [6.45, 7) is 1.78. The largest absolute Gasteiger partial charge is 0.497 e. The van der Waals surface area contributed by atoms with Gasteiger partial charge in [0.25, 0.3) is 0 Å². The minimum absolute atomic E-state index is 0.188. The first-order valence-corrected chi connectivity index (χ1v) is 5.50. The molecule has 0 saturated heterocycles. The molecule has 1 unspecified atom stereocenters. The zero-order chi connectivity index (χ0) is 13.3. The van der Waals surface area contributed by atoms with Crippen molar-refractivity contribution in [1.82, 2.24) is 0 Å². The van der Waals surface area contributed by atoms with Gasteiger partial charge < -0.3 is 9.47 Å². The summed E-state index contributed by atoms with van der Waals surface area (Å²) in [5.74, 6) is 0.921. The molecule has 0 amide bonds. The molecular weight excluding hydrogens is 245 g/mol. The van der Waals surface area contributed by atoms with Crippen molar-refractivity contribution in [3.8, 4) is 5.75 Å². The van der Waals surface area contributed by atoms with Gasteiger partial charge in [-0.15, -0.1) is 0 Å². The van der Waals surface area contributed by atoms with Crippen LogP contribution in [0.15, 0.2) is 30.0 Å². The highest BCUT2D eigenvalue weighted by atomic mass is 19.4. The molecule has 5 heteroatoms. The topological polar surface area (TPSA) is 18.5 Å². The van der Waals surface area contributed by atoms with E-state index in [2.05, 4.69) is 0 Å². The lowest BCUT2D eigenvalue weighted by molar-refractivity contribution is -0.137. The van der Waals surface area contributed by atoms with Crippen LogP contribution in [0, 0.1) is 0 Å². The molecule has 0 radical (unpaired) electrons. The Balaban J connectivity index is 2.36. The van der Waals surface area contributed by atoms with E-state index in [1.165, 1.54) is 7.11 Å². The summed E-state index contributed by atoms with van der Waals surface area (Å²) in [5, 5.41) is 0. The monoisotopic (exact) mass is 258 g/mol. The Hall–Kier alpha value is -1.65. The Morgan fingerprint density at radius 1 is 1.28 bits per heavy atom. The van der Waals surface area contributed by atoms with E-state index in [1.807, 2.05) is 6.08 Å². The van der Waals surface area contributed by atoms with Crippen LogP contribution in [0.4, 0.5) is 13.2 Å². The Labute approximate surface area is 103 Å². The summed E-state index contributed by atoms with van der Waals surface area (Å²) < 4.78 is 48.6. The van der Waals surface area contributed by atoms with Crippen molar-refractivity contribution in [3.63, 3.8) is 0 Å². The molecule has 1 atom stereocenters. The molecule has 1 aromatic rings. The Morgan fingerprint density at radius 3 is 2.50 bits per heavy atom. The van der Waals surface area contributed by atoms with Gasteiger partial charge in [0.2, 0.25) is 0 Å². The van der Waals surface area contributed by atoms with Gasteiger partial charge in [-0.2, -0.15) is 13.2 Å². The minimum Gasteiger partial charge on any atom is -0.497 e. The predicted octanol–water partition coefficient (Wildman–Crippen LogP) is 4.08. The third kappa shape index (κ3) is 2.60. The first kappa shape index (κ1) is 12.8. The quantitative estimate of drug-likeness (QED) is 0.795. The highest BCUT2D eigenvalue weighted by molar-refractivity contribution is 5.37. The van der Waals surface area contributed by atoms with Crippen LogP contribution in [0.5, 0.6) is 5.75 Å². The molecule has 0 N–H and O–H groups in total. The van der Waals surface area contributed by atoms with Gasteiger partial charge in [-0.1, -0.05) is 0 Å². The molecule has 0 aromatic heterocycles. The number of halogens is 3. The minimum atomic E-state index is -4.38. The zero-order valence-corrected chi connectivity index (χ0v) is 10.0. The SMILES string of the molecule is COc1cc(C2CC=C(C)O2)cc(C(F)(F)F)c1. The van der Waals surface area contributed by atoms with Gasteiger partial charge in [-0.3, -0.25) is 0 Å². The normalized spacial score (nSPS) is 19.4. The molecular formula is C13H13F3O2. The maximum absolute atomic E-state index is 12.7. The maximum atomic E-state index is 12.7. The van der Waals surface area contributed by atoms with Crippen molar-refractivity contribution in [2.24, 2.45) is 0 Å². The summed E-state index contributed by atoms with van der Waals surface area (Å²) in [6, 6.07) is 3.67. The molecule has 2 rings (SSSR count). The van der Waals surface area contributed by atoms with E-state index in [1.54, 1.807) is 13.0 Å². The Kier molecular flexibility index (Phi) is 3.24. The molecule has 1 heterocycles. The van der Waals surface area contributed by atoms with Gasteiger partial charge in [-0.25, -0.2) is 0 Å². The third-order valence-corrected chi connectivity index (χ3v) is 2.81. The standard InChI is InChI=1S/C13H13F3O2/c1-8-3-4-12(18-8)9-5-10(13(14,15)16)7-11(6-9)17-2/h3,5-7,12H,4H2,1-2H3. The number of ether oxygens (including phenoxy) is 2. The van der Waals surface area contributed by atoms with Crippen LogP contribution >= 0.6 is 0 Å². The van der Waals surface area contributed by atoms with Crippen molar-refractivity contribution in [1.29, 1.82) is 0 Å². The van der Waals surface area contributed by atoms with E-state index in [9.17, 15) is 13.2 Å². The third-order valence-electron chi connectivity index (χ3n) is 2.81. The van der Waals surface area contributed by atoms with Crippen LogP contribution in [-0.2, 0) is 10.9 Å². The second-order valence-electron chi connectivity index (χ2n) is 4.15. The van der Waals surface area contributed by atoms with Crippen molar-refractivity contribution >= 4 is 0 Å². The van der Waals surface area contributed by atoms with Crippen molar-refractivity contribution in [3.05, 3.63) is 41.2 Å². The maximum Gasteiger partial charge on any atom is 0.416 e. The van der Waals surface area contributed by atoms with Gasteiger partial charge in [-0.05, 0) is 36.8 Å². The number of hydrogen-bond donors (Lipinski definition) is 0. The molecule has 2 nitrogen and oxygen atoms in total. The van der Waals surface area contributed by atoms with E-state index in [-0.39, 0.29) is 11.9 Å². The van der Waals surface area contributed by atoms with E-state index in [0.29, 0.717) is 12.0 Å². The van der Waals surface area contributed by atoms with Gasteiger partial charge in [0.15, 0.2) is 0 Å². The van der Waals surface area contributed by atoms with Crippen molar-refractivity contribution in [2.75, 3.05) is 7.11 Å². The van der Waals surface area contributed by atoms with Crippen molar-refractivity contribution < 1.29 is 22.6 Å². The number of benzene rings is 1. The fourth-order valence-electron chi connectivity index (χ4n) is 1.89. The van der Waals surface area contributed by atoms with E-state index < -0.39 is 11.7 Å². The van der Waals surface area contributed by atoms with Crippen LogP contribution in [0.25, 0.3) is 0 Å². The van der Waals surface area contributed by atoms with Gasteiger partial charge >= 0.3 is 6.18 Å². The highest BCUT2D eigenvalue weighted by Crippen LogP contribution is 2.37. The first-order valence-electron chi connectivity index (χ1n) is 5.50. The molecule has 98 valence electrons. The van der Waals surface area contributed by atoms with Crippen LogP contribution < -0.4 is 4.74 Å². The number of methoxy groups -OCH3 is 1. The van der Waals surface area contributed by atoms with E-state index in [0.717, 1.165) is 17.9 Å². The lowest BCUT2D eigenvalue weighted by Crippen LogP contribution is -2.07. The molecule has 1 aliphatic heterocycles. The molecule has 0 saturated carbocycles. The summed E-state index contributed by atoms with van der Waals surface area (Å²) in [7, 11) is 1.35. The molecule has 1 aromatic carbocycles. The van der Waals surface area contributed by atoms with Crippen LogP contribution in [0.3, 0.4) is 0 Å². The average Bonchev–Trinajstić information content (AvgIpc) is 2.74. The summed E-state index contributed by atoms with van der Waals surface area (Å²) in [4.78, 5) is 0. The zero-order valence-electron chi connectivity index (χ0n) is 10.0. The number of hydrogen-bond acceptors (Lipinski definition) is 2. The fourth-order valence-corrected chi connectivity index (χ4v) is 1.89. The first-order chi connectivity index (χ1) is 8.40. The lowest BCUT2D eigenvalue weighted by atomic mass is 10.0. The summed E-state index contributed by atoms with van der Waals surface area (Å²) in [5.41, 5.74) is -0.236. The molecule has 0 aliphatic carbocycles. The molecule has 1 aliphatic rings. The fraction of sp³-hybridized carbons (Fsp3) is 0.385. The van der Waals surface area contributed by atoms with Gasteiger partial charge in [0.05, 0.1) is 18.4 Å². The number of alkyl halides is 3. The second kappa shape index (κ2) is 4.55. The Bertz CT molecular complexity index is 478. The number of allylic oxidation sites excluding steroid dienone is 1. The molecule has 18 heavy (non-hydrogen) atoms. The average molecular weight is 258 g/mol. The van der Waals surface area contributed by atoms with E-state index >= 15 is 0 Å². The van der Waals surface area contributed by atoms with Crippen LogP contribution in [0.2, 0.25) is 0 Å². The van der Waals surface area contributed by atoms with Crippen LogP contribution in [0.1, 0.15) is 30.6 Å². The molecule has 0 bridgehead atoms. The van der Waals surface area contributed by atoms with E-state index in [4.69, 9.17) is 9.47 Å². The lowest BCUT2D eigenvalue weighted by Gasteiger charge is -2.16. The van der Waals surface area contributed by atoms with Gasteiger partial charge in [0.1, 0.15) is 11.9 Å².